The number of hydrogen-bond donors (Lipinski definition) is 1. The fourth-order valence-corrected chi connectivity index (χ4v) is 2.54. The Balaban J connectivity index is 2.35. The summed E-state index contributed by atoms with van der Waals surface area (Å²) < 4.78 is 24.6. The summed E-state index contributed by atoms with van der Waals surface area (Å²) in [4.78, 5) is 12.2. The summed E-state index contributed by atoms with van der Waals surface area (Å²) in [7, 11) is 0. The molecule has 0 spiro atoms. The monoisotopic (exact) mass is 298 g/mol. The highest BCUT2D eigenvalue weighted by Crippen LogP contribution is 2.41. The van der Waals surface area contributed by atoms with Crippen LogP contribution in [-0.4, -0.2) is 0 Å². The Morgan fingerprint density at radius 2 is 2.09 bits per heavy atom. The number of ether oxygens (including phenoxy) is 1. The number of fused-ring (bicyclic) bond motifs is 1. The van der Waals surface area contributed by atoms with Crippen LogP contribution in [0.1, 0.15) is 22.8 Å². The molecule has 0 unspecified atom stereocenters. The summed E-state index contributed by atoms with van der Waals surface area (Å²) in [5.41, 5.74) is 5.31. The van der Waals surface area contributed by atoms with E-state index in [2.05, 4.69) is 0 Å². The summed E-state index contributed by atoms with van der Waals surface area (Å²) in [5.74, 6) is -1.12. The fraction of sp³-hybridized carbons (Fsp3) is 0.125. The molecule has 1 aromatic carbocycles. The van der Waals surface area contributed by atoms with Gasteiger partial charge in [-0.1, -0.05) is 18.2 Å². The summed E-state index contributed by atoms with van der Waals surface area (Å²) in [6, 6.07) is 9.28. The molecule has 1 atom stereocenters. The molecule has 0 fully saturated rings. The summed E-state index contributed by atoms with van der Waals surface area (Å²) in [6.07, 6.45) is 0. The van der Waals surface area contributed by atoms with Crippen molar-refractivity contribution in [1.29, 1.82) is 5.26 Å². The lowest BCUT2D eigenvalue weighted by molar-refractivity contribution is 0.370. The second kappa shape index (κ2) is 5.04. The Kier molecular flexibility index (Phi) is 3.18. The topological polar surface area (TPSA) is 89.2 Å². The molecule has 22 heavy (non-hydrogen) atoms. The van der Waals surface area contributed by atoms with Crippen molar-refractivity contribution in [2.24, 2.45) is 5.73 Å². The maximum atomic E-state index is 14.2. The van der Waals surface area contributed by atoms with Gasteiger partial charge in [-0.15, -0.1) is 0 Å². The van der Waals surface area contributed by atoms with Crippen molar-refractivity contribution < 1.29 is 13.5 Å². The summed E-state index contributed by atoms with van der Waals surface area (Å²) in [5, 5.41) is 9.33. The maximum Gasteiger partial charge on any atom is 0.343 e. The Bertz CT molecular complexity index is 893. The first kappa shape index (κ1) is 13.9. The van der Waals surface area contributed by atoms with Crippen LogP contribution in [0, 0.1) is 24.1 Å². The molecule has 2 N–H and O–H groups in total. The van der Waals surface area contributed by atoms with Crippen molar-refractivity contribution in [3.05, 3.63) is 74.9 Å². The minimum Gasteiger partial charge on any atom is -0.440 e. The number of nitriles is 1. The Hall–Kier alpha value is -3.07. The van der Waals surface area contributed by atoms with E-state index in [0.29, 0.717) is 5.76 Å². The third-order valence-electron chi connectivity index (χ3n) is 3.47. The Morgan fingerprint density at radius 3 is 2.77 bits per heavy atom. The molecule has 0 radical (unpaired) electrons. The van der Waals surface area contributed by atoms with Gasteiger partial charge in [0.2, 0.25) is 5.88 Å². The van der Waals surface area contributed by atoms with E-state index >= 15 is 0 Å². The number of nitrogens with two attached hydrogens (primary N) is 1. The zero-order valence-electron chi connectivity index (χ0n) is 11.6. The Labute approximate surface area is 125 Å². The third-order valence-corrected chi connectivity index (χ3v) is 3.47. The molecule has 0 saturated carbocycles. The number of aryl methyl sites for hydroxylation is 1. The van der Waals surface area contributed by atoms with E-state index in [9.17, 15) is 14.4 Å². The van der Waals surface area contributed by atoms with E-state index < -0.39 is 17.4 Å². The van der Waals surface area contributed by atoms with Gasteiger partial charge >= 0.3 is 5.63 Å². The van der Waals surface area contributed by atoms with Gasteiger partial charge in [0.15, 0.2) is 0 Å². The van der Waals surface area contributed by atoms with Crippen molar-refractivity contribution in [1.82, 2.24) is 0 Å². The molecular formula is C16H11FN2O3. The van der Waals surface area contributed by atoms with Gasteiger partial charge in [-0.3, -0.25) is 0 Å². The molecule has 2 aromatic rings. The van der Waals surface area contributed by atoms with Crippen molar-refractivity contribution >= 4 is 0 Å². The predicted molar refractivity (Wildman–Crippen MR) is 75.4 cm³/mol. The highest BCUT2D eigenvalue weighted by atomic mass is 19.1. The molecule has 0 saturated heterocycles. The van der Waals surface area contributed by atoms with E-state index in [1.165, 1.54) is 24.3 Å². The van der Waals surface area contributed by atoms with E-state index in [-0.39, 0.29) is 28.3 Å². The number of rotatable bonds is 1. The van der Waals surface area contributed by atoms with Gasteiger partial charge in [0.05, 0.1) is 11.5 Å². The minimum atomic E-state index is -0.952. The van der Waals surface area contributed by atoms with Crippen LogP contribution in [-0.2, 0) is 0 Å². The molecular weight excluding hydrogens is 287 g/mol. The first-order valence-electron chi connectivity index (χ1n) is 6.49. The molecule has 0 bridgehead atoms. The van der Waals surface area contributed by atoms with Crippen LogP contribution < -0.4 is 16.1 Å². The lowest BCUT2D eigenvalue weighted by atomic mass is 9.84. The average molecular weight is 298 g/mol. The van der Waals surface area contributed by atoms with Crippen LogP contribution in [0.3, 0.4) is 0 Å². The average Bonchev–Trinajstić information content (AvgIpc) is 2.46. The largest absolute Gasteiger partial charge is 0.440 e. The molecule has 3 rings (SSSR count). The number of allylic oxidation sites excluding steroid dienone is 1. The molecule has 6 heteroatoms. The zero-order chi connectivity index (χ0) is 15.9. The number of nitrogens with zero attached hydrogens (tertiary/aromatic N) is 1. The fourth-order valence-electron chi connectivity index (χ4n) is 2.54. The molecule has 1 aliphatic heterocycles. The van der Waals surface area contributed by atoms with Crippen molar-refractivity contribution in [3.63, 3.8) is 0 Å². The second-order valence-corrected chi connectivity index (χ2v) is 4.87. The van der Waals surface area contributed by atoms with Crippen LogP contribution >= 0.6 is 0 Å². The van der Waals surface area contributed by atoms with Gasteiger partial charge in [-0.25, -0.2) is 9.18 Å². The van der Waals surface area contributed by atoms with Crippen LogP contribution in [0.15, 0.2) is 51.0 Å². The van der Waals surface area contributed by atoms with Crippen molar-refractivity contribution in [3.8, 4) is 11.8 Å². The highest BCUT2D eigenvalue weighted by molar-refractivity contribution is 5.54. The van der Waals surface area contributed by atoms with Crippen LogP contribution in [0.2, 0.25) is 0 Å². The molecule has 110 valence electrons. The van der Waals surface area contributed by atoms with E-state index in [1.54, 1.807) is 13.0 Å². The van der Waals surface area contributed by atoms with Crippen molar-refractivity contribution in [2.45, 2.75) is 12.8 Å². The molecule has 1 aliphatic rings. The molecule has 0 aliphatic carbocycles. The maximum absolute atomic E-state index is 14.2. The molecule has 1 aromatic heterocycles. The van der Waals surface area contributed by atoms with Gasteiger partial charge in [-0.05, 0) is 13.0 Å². The van der Waals surface area contributed by atoms with Gasteiger partial charge in [0.25, 0.3) is 0 Å². The standard InChI is InChI=1S/C16H11FN2O3/c1-8-6-12-14(16(20)21-8)13(10(7-18)15(19)22-12)9-4-2-3-5-11(9)17/h2-6,13H,19H2,1H3/t13-/m1/s1. The lowest BCUT2D eigenvalue weighted by Gasteiger charge is -2.25. The number of halogens is 1. The first-order valence-corrected chi connectivity index (χ1v) is 6.49. The summed E-state index contributed by atoms with van der Waals surface area (Å²) >= 11 is 0. The molecule has 2 heterocycles. The van der Waals surface area contributed by atoms with Gasteiger partial charge in [0, 0.05) is 11.6 Å². The van der Waals surface area contributed by atoms with E-state index in [1.807, 2.05) is 6.07 Å². The summed E-state index contributed by atoms with van der Waals surface area (Å²) in [6.45, 7) is 1.59. The van der Waals surface area contributed by atoms with Crippen LogP contribution in [0.4, 0.5) is 4.39 Å². The second-order valence-electron chi connectivity index (χ2n) is 4.87. The van der Waals surface area contributed by atoms with Gasteiger partial charge in [-0.2, -0.15) is 5.26 Å². The molecule has 5 nitrogen and oxygen atoms in total. The SMILES string of the molecule is Cc1cc2c(c(=O)o1)[C@H](c1ccccc1F)C(C#N)=C(N)O2. The zero-order valence-corrected chi connectivity index (χ0v) is 11.6. The normalized spacial score (nSPS) is 16.7. The van der Waals surface area contributed by atoms with Crippen LogP contribution in [0.5, 0.6) is 5.75 Å². The Morgan fingerprint density at radius 1 is 1.36 bits per heavy atom. The number of benzene rings is 1. The van der Waals surface area contributed by atoms with Gasteiger partial charge < -0.3 is 14.9 Å². The quantitative estimate of drug-likeness (QED) is 0.872. The smallest absolute Gasteiger partial charge is 0.343 e. The van der Waals surface area contributed by atoms with E-state index in [4.69, 9.17) is 14.9 Å². The van der Waals surface area contributed by atoms with Gasteiger partial charge in [0.1, 0.15) is 29.0 Å². The van der Waals surface area contributed by atoms with E-state index in [0.717, 1.165) is 0 Å². The lowest BCUT2D eigenvalue weighted by Crippen LogP contribution is -2.26. The highest BCUT2D eigenvalue weighted by Gasteiger charge is 2.35. The number of hydrogen-bond acceptors (Lipinski definition) is 5. The first-order chi connectivity index (χ1) is 10.5. The van der Waals surface area contributed by atoms with Crippen molar-refractivity contribution in [2.75, 3.05) is 0 Å². The third kappa shape index (κ3) is 2.04. The van der Waals surface area contributed by atoms with Crippen LogP contribution in [0.25, 0.3) is 0 Å². The minimum absolute atomic E-state index is 0.0197. The molecule has 0 amide bonds. The predicted octanol–water partition coefficient (Wildman–Crippen LogP) is 2.31.